The molecule has 4 bridgehead atoms. The van der Waals surface area contributed by atoms with Crippen LogP contribution < -0.4 is 0 Å². The van der Waals surface area contributed by atoms with Gasteiger partial charge < -0.3 is 4.79 Å². The second kappa shape index (κ2) is 12.4. The fraction of sp³-hybridized carbons (Fsp3) is 0.741. The van der Waals surface area contributed by atoms with Crippen molar-refractivity contribution in [2.75, 3.05) is 0 Å². The molecule has 0 N–H and O–H groups in total. The third-order valence-corrected chi connectivity index (χ3v) is 7.05. The minimum absolute atomic E-state index is 0.276. The standard InChI is InChI=1S/C13H22O.2C7H10O/c1-11(2)7-5-8-12(3)9-6-10-13(4)14;2*8-7-4-5-1-2-6(7)3-5/h7,9H,5-6,8,10H2,1-4H3;2*5-6H,1-4H2/b12-9-;;. The summed E-state index contributed by atoms with van der Waals surface area (Å²) in [6, 6.07) is 0. The van der Waals surface area contributed by atoms with Crippen molar-refractivity contribution in [2.45, 2.75) is 105 Å². The molecule has 0 heterocycles. The monoisotopic (exact) mass is 414 g/mol. The van der Waals surface area contributed by atoms with Gasteiger partial charge in [0.1, 0.15) is 17.3 Å². The van der Waals surface area contributed by atoms with Crippen LogP contribution in [0.1, 0.15) is 105 Å². The number of ketones is 3. The van der Waals surface area contributed by atoms with Gasteiger partial charge in [0.25, 0.3) is 0 Å². The molecule has 0 amide bonds. The Morgan fingerprint density at radius 2 is 1.27 bits per heavy atom. The molecule has 0 aromatic carbocycles. The number of Topliss-reactive ketones (excluding diaryl/α,β-unsaturated/α-hetero) is 3. The molecule has 0 spiro atoms. The molecule has 4 aliphatic carbocycles. The molecule has 4 fully saturated rings. The van der Waals surface area contributed by atoms with Crippen LogP contribution in [0, 0.1) is 23.7 Å². The molecule has 0 aromatic rings. The van der Waals surface area contributed by atoms with Crippen molar-refractivity contribution < 1.29 is 14.4 Å². The quantitative estimate of drug-likeness (QED) is 0.449. The molecule has 4 saturated carbocycles. The Labute approximate surface area is 183 Å². The zero-order valence-electron chi connectivity index (χ0n) is 19.7. The van der Waals surface area contributed by atoms with E-state index in [0.717, 1.165) is 43.9 Å². The summed E-state index contributed by atoms with van der Waals surface area (Å²) < 4.78 is 0. The van der Waals surface area contributed by atoms with Crippen molar-refractivity contribution in [1.29, 1.82) is 0 Å². The molecule has 168 valence electrons. The Morgan fingerprint density at radius 1 is 0.767 bits per heavy atom. The molecular weight excluding hydrogens is 372 g/mol. The molecule has 0 aromatic heterocycles. The zero-order valence-corrected chi connectivity index (χ0v) is 19.7. The van der Waals surface area contributed by atoms with E-state index in [1.807, 2.05) is 0 Å². The summed E-state index contributed by atoms with van der Waals surface area (Å²) in [5.41, 5.74) is 2.77. The first kappa shape index (κ1) is 24.8. The molecule has 3 heteroatoms. The van der Waals surface area contributed by atoms with Crippen molar-refractivity contribution in [2.24, 2.45) is 23.7 Å². The molecule has 30 heavy (non-hydrogen) atoms. The van der Waals surface area contributed by atoms with Gasteiger partial charge in [-0.05, 0) is 97.3 Å². The number of allylic oxidation sites excluding steroid dienone is 4. The Morgan fingerprint density at radius 3 is 1.57 bits per heavy atom. The minimum atomic E-state index is 0.276. The maximum atomic E-state index is 10.8. The highest BCUT2D eigenvalue weighted by atomic mass is 16.1. The van der Waals surface area contributed by atoms with E-state index >= 15 is 0 Å². The van der Waals surface area contributed by atoms with Gasteiger partial charge in [0.05, 0.1) is 0 Å². The molecule has 0 aliphatic heterocycles. The molecule has 4 rings (SSSR count). The first-order valence-electron chi connectivity index (χ1n) is 12.1. The van der Waals surface area contributed by atoms with Crippen molar-refractivity contribution in [1.82, 2.24) is 0 Å². The molecule has 4 aliphatic rings. The Hall–Kier alpha value is -1.51. The lowest BCUT2D eigenvalue weighted by atomic mass is 10.00. The SMILES string of the molecule is CC(=O)CC/C=C(/C)CCC=C(C)C.O=C1CC2CCC1C2.O=C1CC2CCC1C2. The van der Waals surface area contributed by atoms with Gasteiger partial charge in [0, 0.05) is 31.1 Å². The maximum absolute atomic E-state index is 10.8. The maximum Gasteiger partial charge on any atom is 0.136 e. The fourth-order valence-corrected chi connectivity index (χ4v) is 5.22. The topological polar surface area (TPSA) is 51.2 Å². The van der Waals surface area contributed by atoms with Gasteiger partial charge in [0.15, 0.2) is 0 Å². The molecule has 4 atom stereocenters. The summed E-state index contributed by atoms with van der Waals surface area (Å²) in [5, 5.41) is 0. The second-order valence-electron chi connectivity index (χ2n) is 10.2. The van der Waals surface area contributed by atoms with Gasteiger partial charge in [-0.25, -0.2) is 0 Å². The predicted molar refractivity (Wildman–Crippen MR) is 123 cm³/mol. The van der Waals surface area contributed by atoms with Crippen molar-refractivity contribution in [3.8, 4) is 0 Å². The number of carbonyl (C=O) groups excluding carboxylic acids is 3. The van der Waals surface area contributed by atoms with Crippen molar-refractivity contribution >= 4 is 17.3 Å². The summed E-state index contributed by atoms with van der Waals surface area (Å²) >= 11 is 0. The summed E-state index contributed by atoms with van der Waals surface area (Å²) in [5.74, 6) is 3.96. The van der Waals surface area contributed by atoms with E-state index in [0.29, 0.717) is 29.8 Å². The van der Waals surface area contributed by atoms with Crippen LogP contribution in [0.3, 0.4) is 0 Å². The first-order valence-corrected chi connectivity index (χ1v) is 12.1. The van der Waals surface area contributed by atoms with Crippen LogP contribution in [0.2, 0.25) is 0 Å². The van der Waals surface area contributed by atoms with Crippen LogP contribution in [0.25, 0.3) is 0 Å². The summed E-state index contributed by atoms with van der Waals surface area (Å²) in [4.78, 5) is 32.4. The largest absolute Gasteiger partial charge is 0.300 e. The second-order valence-corrected chi connectivity index (χ2v) is 10.2. The highest BCUT2D eigenvalue weighted by Crippen LogP contribution is 2.42. The molecule has 3 nitrogen and oxygen atoms in total. The average Bonchev–Trinajstić information content (AvgIpc) is 3.43. The van der Waals surface area contributed by atoms with Gasteiger partial charge in [-0.15, -0.1) is 0 Å². The Kier molecular flexibility index (Phi) is 10.2. The number of carbonyl (C=O) groups is 3. The third kappa shape index (κ3) is 8.70. The van der Waals surface area contributed by atoms with E-state index in [1.165, 1.54) is 49.7 Å². The molecule has 0 radical (unpaired) electrons. The van der Waals surface area contributed by atoms with Crippen LogP contribution in [-0.4, -0.2) is 17.3 Å². The van der Waals surface area contributed by atoms with E-state index in [4.69, 9.17) is 0 Å². The van der Waals surface area contributed by atoms with Crippen LogP contribution >= 0.6 is 0 Å². The highest BCUT2D eigenvalue weighted by molar-refractivity contribution is 5.84. The lowest BCUT2D eigenvalue weighted by Crippen LogP contribution is -2.07. The Balaban J connectivity index is 0.000000169. The van der Waals surface area contributed by atoms with E-state index in [9.17, 15) is 14.4 Å². The van der Waals surface area contributed by atoms with Gasteiger partial charge >= 0.3 is 0 Å². The number of hydrogen-bond donors (Lipinski definition) is 0. The fourth-order valence-electron chi connectivity index (χ4n) is 5.22. The Bertz CT molecular complexity index is 634. The van der Waals surface area contributed by atoms with Crippen LogP contribution in [0.4, 0.5) is 0 Å². The van der Waals surface area contributed by atoms with Crippen LogP contribution in [0.15, 0.2) is 23.3 Å². The van der Waals surface area contributed by atoms with E-state index in [1.54, 1.807) is 6.92 Å². The lowest BCUT2D eigenvalue weighted by molar-refractivity contribution is -0.122. The molecule has 4 unspecified atom stereocenters. The minimum Gasteiger partial charge on any atom is -0.300 e. The van der Waals surface area contributed by atoms with E-state index in [2.05, 4.69) is 32.9 Å². The summed E-state index contributed by atoms with van der Waals surface area (Å²) in [7, 11) is 0. The first-order chi connectivity index (χ1) is 14.2. The smallest absolute Gasteiger partial charge is 0.136 e. The van der Waals surface area contributed by atoms with E-state index in [-0.39, 0.29) is 5.78 Å². The number of rotatable bonds is 6. The zero-order chi connectivity index (χ0) is 22.1. The van der Waals surface area contributed by atoms with Gasteiger partial charge in [-0.3, -0.25) is 9.59 Å². The van der Waals surface area contributed by atoms with Crippen LogP contribution in [-0.2, 0) is 14.4 Å². The van der Waals surface area contributed by atoms with Crippen LogP contribution in [0.5, 0.6) is 0 Å². The van der Waals surface area contributed by atoms with Gasteiger partial charge in [0.2, 0.25) is 0 Å². The molecular formula is C27H42O3. The highest BCUT2D eigenvalue weighted by Gasteiger charge is 2.38. The van der Waals surface area contributed by atoms with E-state index < -0.39 is 0 Å². The van der Waals surface area contributed by atoms with Crippen molar-refractivity contribution in [3.05, 3.63) is 23.3 Å². The summed E-state index contributed by atoms with van der Waals surface area (Å²) in [6.07, 6.45) is 17.6. The number of hydrogen-bond acceptors (Lipinski definition) is 3. The average molecular weight is 415 g/mol. The number of fused-ring (bicyclic) bond motifs is 4. The van der Waals surface area contributed by atoms with Crippen molar-refractivity contribution in [3.63, 3.8) is 0 Å². The predicted octanol–water partition coefficient (Wildman–Crippen LogP) is 6.80. The summed E-state index contributed by atoms with van der Waals surface area (Å²) in [6.45, 7) is 8.02. The normalized spacial score (nSPS) is 28.6. The third-order valence-electron chi connectivity index (χ3n) is 7.05. The lowest BCUT2D eigenvalue weighted by Gasteiger charge is -2.04. The van der Waals surface area contributed by atoms with Gasteiger partial charge in [-0.1, -0.05) is 23.3 Å². The molecule has 0 saturated heterocycles. The van der Waals surface area contributed by atoms with Gasteiger partial charge in [-0.2, -0.15) is 0 Å².